The molecule has 3 aromatic carbocycles. The van der Waals surface area contributed by atoms with Crippen molar-refractivity contribution in [3.05, 3.63) is 72.3 Å². The fraction of sp³-hybridized carbons (Fsp3) is 0.240. The lowest BCUT2D eigenvalue weighted by Crippen LogP contribution is -2.43. The van der Waals surface area contributed by atoms with Crippen LogP contribution in [0.15, 0.2) is 66.7 Å². The summed E-state index contributed by atoms with van der Waals surface area (Å²) in [6, 6.07) is 20.2. The molecule has 166 valence electrons. The molecule has 0 saturated heterocycles. The first kappa shape index (κ1) is 22.8. The molecule has 0 radical (unpaired) electrons. The summed E-state index contributed by atoms with van der Waals surface area (Å²) in [5.74, 6) is -0.275. The molecule has 3 aromatic rings. The van der Waals surface area contributed by atoms with Crippen LogP contribution in [0.3, 0.4) is 0 Å². The van der Waals surface area contributed by atoms with Crippen molar-refractivity contribution in [3.8, 4) is 5.75 Å². The zero-order valence-corrected chi connectivity index (χ0v) is 18.3. The van der Waals surface area contributed by atoms with Gasteiger partial charge in [-0.3, -0.25) is 14.4 Å². The third kappa shape index (κ3) is 6.07. The number of carbonyl (C=O) groups excluding carboxylic acids is 3. The van der Waals surface area contributed by atoms with Gasteiger partial charge in [0.05, 0.1) is 20.2 Å². The molecule has 0 atom stereocenters. The van der Waals surface area contributed by atoms with Gasteiger partial charge < -0.3 is 20.3 Å². The zero-order valence-electron chi connectivity index (χ0n) is 18.3. The molecule has 7 heteroatoms. The first-order valence-electron chi connectivity index (χ1n) is 10.5. The molecule has 32 heavy (non-hydrogen) atoms. The molecule has 0 saturated carbocycles. The van der Waals surface area contributed by atoms with Crippen molar-refractivity contribution < 1.29 is 19.1 Å². The van der Waals surface area contributed by atoms with Crippen LogP contribution >= 0.6 is 0 Å². The molecule has 0 aliphatic heterocycles. The van der Waals surface area contributed by atoms with Crippen LogP contribution in [0.2, 0.25) is 0 Å². The number of anilines is 1. The summed E-state index contributed by atoms with van der Waals surface area (Å²) >= 11 is 0. The van der Waals surface area contributed by atoms with Gasteiger partial charge in [-0.05, 0) is 53.6 Å². The minimum absolute atomic E-state index is 0.116. The van der Waals surface area contributed by atoms with Crippen LogP contribution in [0.1, 0.15) is 23.7 Å². The third-order valence-electron chi connectivity index (χ3n) is 4.93. The Morgan fingerprint density at radius 3 is 2.31 bits per heavy atom. The number of amides is 3. The summed E-state index contributed by atoms with van der Waals surface area (Å²) in [5.41, 5.74) is 1.13. The van der Waals surface area contributed by atoms with Crippen molar-refractivity contribution in [1.82, 2.24) is 10.2 Å². The number of carbonyl (C=O) groups is 3. The Kier molecular flexibility index (Phi) is 7.80. The molecule has 0 aliphatic rings. The number of nitrogens with one attached hydrogen (secondary N) is 2. The van der Waals surface area contributed by atoms with E-state index >= 15 is 0 Å². The van der Waals surface area contributed by atoms with Crippen LogP contribution in [0.25, 0.3) is 10.8 Å². The highest BCUT2D eigenvalue weighted by Gasteiger charge is 2.19. The van der Waals surface area contributed by atoms with Gasteiger partial charge in [0.1, 0.15) is 5.75 Å². The summed E-state index contributed by atoms with van der Waals surface area (Å²) in [4.78, 5) is 39.0. The largest absolute Gasteiger partial charge is 0.497 e. The topological polar surface area (TPSA) is 87.7 Å². The van der Waals surface area contributed by atoms with Gasteiger partial charge >= 0.3 is 0 Å². The van der Waals surface area contributed by atoms with E-state index in [0.29, 0.717) is 30.0 Å². The maximum absolute atomic E-state index is 13.0. The fourth-order valence-electron chi connectivity index (χ4n) is 3.31. The lowest BCUT2D eigenvalue weighted by Gasteiger charge is -2.22. The van der Waals surface area contributed by atoms with Crippen LogP contribution in [0.5, 0.6) is 5.75 Å². The van der Waals surface area contributed by atoms with Gasteiger partial charge in [0.15, 0.2) is 0 Å². The van der Waals surface area contributed by atoms with Crippen LogP contribution in [0, 0.1) is 0 Å². The minimum Gasteiger partial charge on any atom is -0.497 e. The molecule has 0 heterocycles. The molecule has 3 amide bonds. The van der Waals surface area contributed by atoms with Crippen LogP contribution in [0.4, 0.5) is 5.69 Å². The highest BCUT2D eigenvalue weighted by molar-refractivity contribution is 6.00. The molecule has 3 rings (SSSR count). The van der Waals surface area contributed by atoms with Gasteiger partial charge in [-0.1, -0.05) is 37.3 Å². The number of hydrogen-bond acceptors (Lipinski definition) is 4. The standard InChI is InChI=1S/C25H27N3O4/c1-3-14-28(25(31)20-9-8-18-6-4-5-7-19(18)15-20)17-24(30)26-16-23(29)27-21-10-12-22(32-2)13-11-21/h4-13,15H,3,14,16-17H2,1-2H3,(H,26,30)(H,27,29). The van der Waals surface area contributed by atoms with Gasteiger partial charge in [-0.25, -0.2) is 0 Å². The summed E-state index contributed by atoms with van der Waals surface area (Å²) in [6.45, 7) is 2.09. The summed E-state index contributed by atoms with van der Waals surface area (Å²) < 4.78 is 5.08. The summed E-state index contributed by atoms with van der Waals surface area (Å²) in [6.07, 6.45) is 0.713. The number of benzene rings is 3. The van der Waals surface area contributed by atoms with Crippen LogP contribution < -0.4 is 15.4 Å². The summed E-state index contributed by atoms with van der Waals surface area (Å²) in [5, 5.41) is 7.30. The Morgan fingerprint density at radius 2 is 1.62 bits per heavy atom. The molecule has 0 unspecified atom stereocenters. The van der Waals surface area contributed by atoms with Gasteiger partial charge in [-0.2, -0.15) is 0 Å². The number of ether oxygens (including phenoxy) is 1. The molecule has 2 N–H and O–H groups in total. The van der Waals surface area contributed by atoms with Crippen LogP contribution in [-0.4, -0.2) is 49.4 Å². The van der Waals surface area contributed by atoms with Crippen molar-refractivity contribution in [1.29, 1.82) is 0 Å². The van der Waals surface area contributed by atoms with E-state index < -0.39 is 5.91 Å². The Bertz CT molecular complexity index is 1100. The molecule has 0 fully saturated rings. The van der Waals surface area contributed by atoms with Gasteiger partial charge in [0, 0.05) is 17.8 Å². The highest BCUT2D eigenvalue weighted by Crippen LogP contribution is 2.17. The van der Waals surface area contributed by atoms with Gasteiger partial charge in [0.25, 0.3) is 5.91 Å². The second-order valence-electron chi connectivity index (χ2n) is 7.34. The van der Waals surface area contributed by atoms with E-state index in [1.807, 2.05) is 43.3 Å². The zero-order chi connectivity index (χ0) is 22.9. The molecule has 0 bridgehead atoms. The SMILES string of the molecule is CCCN(CC(=O)NCC(=O)Nc1ccc(OC)cc1)C(=O)c1ccc2ccccc2c1. The van der Waals surface area contributed by atoms with Crippen molar-refractivity contribution >= 4 is 34.2 Å². The van der Waals surface area contributed by atoms with E-state index in [0.717, 1.165) is 10.8 Å². The van der Waals surface area contributed by atoms with Crippen molar-refractivity contribution in [2.24, 2.45) is 0 Å². The average Bonchev–Trinajstić information content (AvgIpc) is 2.82. The van der Waals surface area contributed by atoms with E-state index in [1.54, 1.807) is 37.4 Å². The Hall–Kier alpha value is -3.87. The van der Waals surface area contributed by atoms with E-state index in [-0.39, 0.29) is 24.9 Å². The highest BCUT2D eigenvalue weighted by atomic mass is 16.5. The lowest BCUT2D eigenvalue weighted by atomic mass is 10.1. The van der Waals surface area contributed by atoms with Crippen molar-refractivity contribution in [2.75, 3.05) is 32.1 Å². The summed E-state index contributed by atoms with van der Waals surface area (Å²) in [7, 11) is 1.57. The third-order valence-corrected chi connectivity index (χ3v) is 4.93. The normalized spacial score (nSPS) is 10.4. The van der Waals surface area contributed by atoms with E-state index in [1.165, 1.54) is 4.90 Å². The molecular weight excluding hydrogens is 406 g/mol. The predicted octanol–water partition coefficient (Wildman–Crippen LogP) is 3.46. The number of methoxy groups -OCH3 is 1. The van der Waals surface area contributed by atoms with Gasteiger partial charge in [0.2, 0.25) is 11.8 Å². The quantitative estimate of drug-likeness (QED) is 0.541. The number of fused-ring (bicyclic) bond motifs is 1. The molecule has 0 aliphatic carbocycles. The van der Waals surface area contributed by atoms with E-state index in [9.17, 15) is 14.4 Å². The maximum Gasteiger partial charge on any atom is 0.254 e. The number of hydrogen-bond donors (Lipinski definition) is 2. The molecule has 7 nitrogen and oxygen atoms in total. The average molecular weight is 434 g/mol. The van der Waals surface area contributed by atoms with E-state index in [2.05, 4.69) is 10.6 Å². The first-order chi connectivity index (χ1) is 15.5. The monoisotopic (exact) mass is 433 g/mol. The smallest absolute Gasteiger partial charge is 0.254 e. The van der Waals surface area contributed by atoms with Crippen LogP contribution in [-0.2, 0) is 9.59 Å². The number of nitrogens with zero attached hydrogens (tertiary/aromatic N) is 1. The second kappa shape index (κ2) is 10.9. The van der Waals surface area contributed by atoms with Crippen molar-refractivity contribution in [3.63, 3.8) is 0 Å². The maximum atomic E-state index is 13.0. The van der Waals surface area contributed by atoms with Gasteiger partial charge in [-0.15, -0.1) is 0 Å². The Labute approximate surface area is 187 Å². The predicted molar refractivity (Wildman–Crippen MR) is 125 cm³/mol. The molecular formula is C25H27N3O4. The Balaban J connectivity index is 1.56. The number of rotatable bonds is 9. The minimum atomic E-state index is -0.391. The molecule has 0 aromatic heterocycles. The van der Waals surface area contributed by atoms with Crippen molar-refractivity contribution in [2.45, 2.75) is 13.3 Å². The first-order valence-corrected chi connectivity index (χ1v) is 10.5. The van der Waals surface area contributed by atoms with E-state index in [4.69, 9.17) is 4.74 Å². The lowest BCUT2D eigenvalue weighted by molar-refractivity contribution is -0.124. The fourth-order valence-corrected chi connectivity index (χ4v) is 3.31. The Morgan fingerprint density at radius 1 is 0.906 bits per heavy atom. The molecule has 0 spiro atoms. The second-order valence-corrected chi connectivity index (χ2v) is 7.34.